The summed E-state index contributed by atoms with van der Waals surface area (Å²) in [4.78, 5) is 59.1. The highest BCUT2D eigenvalue weighted by molar-refractivity contribution is 6.31. The Morgan fingerprint density at radius 2 is 1.22 bits per heavy atom. The van der Waals surface area contributed by atoms with Gasteiger partial charge in [-0.1, -0.05) is 171 Å². The summed E-state index contributed by atoms with van der Waals surface area (Å²) in [5.41, 5.74) is 4.44. The fourth-order valence-corrected chi connectivity index (χ4v) is 9.88. The van der Waals surface area contributed by atoms with Crippen LogP contribution in [0.15, 0.2) is 127 Å². The van der Waals surface area contributed by atoms with Crippen LogP contribution in [0.1, 0.15) is 117 Å². The van der Waals surface area contributed by atoms with Gasteiger partial charge in [-0.25, -0.2) is 4.79 Å². The molecule has 2 atom stereocenters. The van der Waals surface area contributed by atoms with E-state index in [4.69, 9.17) is 21.1 Å². The molecule has 1 fully saturated rings. The fraction of sp³-hybridized carbons (Fsp3) is 0.370. The van der Waals surface area contributed by atoms with Crippen molar-refractivity contribution in [2.45, 2.75) is 101 Å². The third-order valence-corrected chi connectivity index (χ3v) is 13.3. The number of carbonyl (C=O) groups excluding carboxylic acids is 4. The van der Waals surface area contributed by atoms with Crippen molar-refractivity contribution in [3.63, 3.8) is 0 Å². The van der Waals surface area contributed by atoms with Gasteiger partial charge >= 0.3 is 12.1 Å². The number of halogens is 1. The first kappa shape index (κ1) is 46.1. The van der Waals surface area contributed by atoms with Crippen LogP contribution in [0.5, 0.6) is 0 Å². The highest BCUT2D eigenvalue weighted by Crippen LogP contribution is 2.46. The van der Waals surface area contributed by atoms with Crippen LogP contribution in [-0.4, -0.2) is 73.0 Å². The van der Waals surface area contributed by atoms with Crippen molar-refractivity contribution >= 4 is 35.5 Å². The molecule has 0 aliphatic heterocycles. The Morgan fingerprint density at radius 1 is 0.688 bits per heavy atom. The zero-order valence-electron chi connectivity index (χ0n) is 37.6. The molecule has 1 N–H and O–H groups in total. The van der Waals surface area contributed by atoms with E-state index < -0.39 is 47.5 Å². The van der Waals surface area contributed by atoms with Gasteiger partial charge in [0.2, 0.25) is 11.8 Å². The molecule has 10 heteroatoms. The van der Waals surface area contributed by atoms with E-state index in [0.29, 0.717) is 27.6 Å². The third-order valence-electron chi connectivity index (χ3n) is 13.0. The van der Waals surface area contributed by atoms with E-state index >= 15 is 0 Å². The smallest absolute Gasteiger partial charge is 0.408 e. The highest BCUT2D eigenvalue weighted by Gasteiger charge is 2.45. The molecule has 2 aliphatic carbocycles. The zero-order valence-corrected chi connectivity index (χ0v) is 38.4. The molecular formula is C54H60ClN3O6. The third kappa shape index (κ3) is 9.90. The van der Waals surface area contributed by atoms with Crippen molar-refractivity contribution in [2.75, 3.05) is 27.7 Å². The van der Waals surface area contributed by atoms with Gasteiger partial charge < -0.3 is 24.6 Å². The molecule has 0 spiro atoms. The molecule has 9 nitrogen and oxygen atoms in total. The number of likely N-dealkylation sites (N-methyl/N-ethyl adjacent to an activating group) is 2. The van der Waals surface area contributed by atoms with Gasteiger partial charge in [-0.05, 0) is 66.5 Å². The summed E-state index contributed by atoms with van der Waals surface area (Å²) < 4.78 is 12.5. The number of nitrogens with one attached hydrogen (secondary N) is 1. The van der Waals surface area contributed by atoms with E-state index in [-0.39, 0.29) is 12.5 Å². The predicted octanol–water partition coefficient (Wildman–Crippen LogP) is 11.0. The SMILES string of the molecule is CN(C)C(=O)[C@H](CC(=O)OC(c1ccccc1)(c1ccc(C2CCCCCCCC2)cc1)c1ccccc1Cl)N(C)C(=O)C(C)(C)NC(=O)OCC1c2ccccc2-c2ccccc21. The number of hydrogen-bond donors (Lipinski definition) is 1. The van der Waals surface area contributed by atoms with E-state index in [2.05, 4.69) is 29.6 Å². The van der Waals surface area contributed by atoms with Gasteiger partial charge in [0.05, 0.1) is 6.42 Å². The average Bonchev–Trinajstić information content (AvgIpc) is 3.69. The summed E-state index contributed by atoms with van der Waals surface area (Å²) in [5, 5.41) is 3.12. The van der Waals surface area contributed by atoms with Gasteiger partial charge in [-0.3, -0.25) is 14.4 Å². The second kappa shape index (κ2) is 20.3. The summed E-state index contributed by atoms with van der Waals surface area (Å²) in [6.45, 7) is 3.15. The second-order valence-corrected chi connectivity index (χ2v) is 18.4. The molecule has 64 heavy (non-hydrogen) atoms. The zero-order chi connectivity index (χ0) is 45.4. The molecule has 2 aliphatic rings. The molecule has 0 radical (unpaired) electrons. The molecule has 5 aromatic carbocycles. The molecule has 5 aromatic rings. The van der Waals surface area contributed by atoms with E-state index in [1.807, 2.05) is 97.1 Å². The maximum atomic E-state index is 14.7. The number of benzene rings is 5. The highest BCUT2D eigenvalue weighted by atomic mass is 35.5. The monoisotopic (exact) mass is 881 g/mol. The number of esters is 1. The van der Waals surface area contributed by atoms with Crippen molar-refractivity contribution in [3.05, 3.63) is 166 Å². The van der Waals surface area contributed by atoms with Crippen LogP contribution < -0.4 is 5.32 Å². The van der Waals surface area contributed by atoms with Gasteiger partial charge in [0, 0.05) is 48.8 Å². The number of hydrogen-bond acceptors (Lipinski definition) is 6. The minimum absolute atomic E-state index is 0.0610. The van der Waals surface area contributed by atoms with Crippen LogP contribution in [0.25, 0.3) is 11.1 Å². The Labute approximate surface area is 383 Å². The maximum Gasteiger partial charge on any atom is 0.408 e. The van der Waals surface area contributed by atoms with E-state index in [1.165, 1.54) is 60.9 Å². The Balaban J connectivity index is 1.13. The molecule has 3 amide bonds. The number of rotatable bonds is 13. The molecule has 7 rings (SSSR count). The van der Waals surface area contributed by atoms with Gasteiger partial charge in [-0.15, -0.1) is 0 Å². The van der Waals surface area contributed by atoms with E-state index in [9.17, 15) is 19.2 Å². The molecule has 0 aromatic heterocycles. The summed E-state index contributed by atoms with van der Waals surface area (Å²) in [6.07, 6.45) is 8.46. The quantitative estimate of drug-likeness (QED) is 0.0933. The normalized spacial score (nSPS) is 15.8. The lowest BCUT2D eigenvalue weighted by Crippen LogP contribution is -2.59. The second-order valence-electron chi connectivity index (χ2n) is 18.0. The predicted molar refractivity (Wildman–Crippen MR) is 252 cm³/mol. The van der Waals surface area contributed by atoms with Gasteiger partial charge in [0.1, 0.15) is 18.2 Å². The van der Waals surface area contributed by atoms with Crippen molar-refractivity contribution < 1.29 is 28.7 Å². The number of amides is 3. The lowest BCUT2D eigenvalue weighted by molar-refractivity contribution is -0.159. The maximum absolute atomic E-state index is 14.7. The molecule has 1 unspecified atom stereocenters. The van der Waals surface area contributed by atoms with Gasteiger partial charge in [0.25, 0.3) is 0 Å². The summed E-state index contributed by atoms with van der Waals surface area (Å²) in [6, 6.07) is 39.9. The molecule has 0 bridgehead atoms. The summed E-state index contributed by atoms with van der Waals surface area (Å²) in [7, 11) is 4.59. The fourth-order valence-electron chi connectivity index (χ4n) is 9.61. The van der Waals surface area contributed by atoms with Gasteiger partial charge in [-0.2, -0.15) is 0 Å². The minimum Gasteiger partial charge on any atom is -0.449 e. The van der Waals surface area contributed by atoms with Crippen LogP contribution in [0.4, 0.5) is 4.79 Å². The largest absolute Gasteiger partial charge is 0.449 e. The first-order chi connectivity index (χ1) is 30.8. The molecule has 0 saturated heterocycles. The lowest BCUT2D eigenvalue weighted by atomic mass is 9.78. The number of ether oxygens (including phenoxy) is 2. The number of fused-ring (bicyclic) bond motifs is 3. The van der Waals surface area contributed by atoms with Crippen LogP contribution in [0.3, 0.4) is 0 Å². The van der Waals surface area contributed by atoms with Crippen molar-refractivity contribution in [2.24, 2.45) is 0 Å². The van der Waals surface area contributed by atoms with E-state index in [0.717, 1.165) is 35.1 Å². The topological polar surface area (TPSA) is 105 Å². The van der Waals surface area contributed by atoms with Crippen molar-refractivity contribution in [1.29, 1.82) is 0 Å². The van der Waals surface area contributed by atoms with Crippen LogP contribution in [-0.2, 0) is 29.5 Å². The van der Waals surface area contributed by atoms with Crippen LogP contribution >= 0.6 is 11.6 Å². The summed E-state index contributed by atoms with van der Waals surface area (Å²) >= 11 is 7.03. The Bertz CT molecular complexity index is 2380. The molecule has 334 valence electrons. The minimum atomic E-state index is -1.53. The molecule has 0 heterocycles. The van der Waals surface area contributed by atoms with Gasteiger partial charge in [0.15, 0.2) is 5.60 Å². The number of alkyl carbamates (subject to hydrolysis) is 1. The average molecular weight is 883 g/mol. The molecular weight excluding hydrogens is 822 g/mol. The van der Waals surface area contributed by atoms with E-state index in [1.54, 1.807) is 34.0 Å². The lowest BCUT2D eigenvalue weighted by Gasteiger charge is -2.38. The first-order valence-electron chi connectivity index (χ1n) is 22.6. The Morgan fingerprint density at radius 3 is 1.81 bits per heavy atom. The first-order valence-corrected chi connectivity index (χ1v) is 22.9. The van der Waals surface area contributed by atoms with Crippen LogP contribution in [0.2, 0.25) is 5.02 Å². The standard InChI is InChI=1S/C54H60ClN3O6/c1-53(2,56-52(62)63-36-45-43-27-17-15-25-41(43)42-26-16-18-28-44(42)45)51(61)58(5)48(50(60)57(3)4)35-49(59)64-54(39-23-13-10-14-24-39,46-29-19-20-30-47(46)55)40-33-31-38(32-34-40)37-21-11-8-6-7-9-12-22-37/h10,13-20,23-34,37,45,48H,6-9,11-12,21-22,35-36H2,1-5H3,(H,56,62)/t48-,54?/m0/s1. The molecule has 1 saturated carbocycles. The van der Waals surface area contributed by atoms with Crippen molar-refractivity contribution in [3.8, 4) is 11.1 Å². The summed E-state index contributed by atoms with van der Waals surface area (Å²) in [5.74, 6) is -1.56. The van der Waals surface area contributed by atoms with Crippen LogP contribution in [0, 0.1) is 0 Å². The Hall–Kier alpha value is -5.93. The van der Waals surface area contributed by atoms with Crippen molar-refractivity contribution in [1.82, 2.24) is 15.1 Å². The Kier molecular flexibility index (Phi) is 14.6. The number of nitrogens with zero attached hydrogens (tertiary/aromatic N) is 2. The number of carbonyl (C=O) groups is 4.